The number of amides is 2. The third-order valence-corrected chi connectivity index (χ3v) is 5.34. The summed E-state index contributed by atoms with van der Waals surface area (Å²) >= 11 is 0. The number of carbonyl (C=O) groups excluding carboxylic acids is 2. The summed E-state index contributed by atoms with van der Waals surface area (Å²) in [6.45, 7) is 10.7. The number of aromatic nitrogens is 2. The minimum Gasteiger partial charge on any atom is -0.354 e. The average Bonchev–Trinajstić information content (AvgIpc) is 3.13. The van der Waals surface area contributed by atoms with E-state index in [4.69, 9.17) is 0 Å². The molecule has 3 rings (SSSR count). The highest BCUT2D eigenvalue weighted by Gasteiger charge is 2.24. The van der Waals surface area contributed by atoms with Gasteiger partial charge in [-0.25, -0.2) is 4.98 Å². The van der Waals surface area contributed by atoms with Crippen molar-refractivity contribution < 1.29 is 9.59 Å². The first kappa shape index (κ1) is 22.5. The minimum atomic E-state index is -0.601. The second-order valence-corrected chi connectivity index (χ2v) is 9.26. The molecule has 2 heterocycles. The van der Waals surface area contributed by atoms with Gasteiger partial charge in [-0.2, -0.15) is 0 Å². The average molecular weight is 421 g/mol. The molecule has 0 aliphatic rings. The van der Waals surface area contributed by atoms with Crippen LogP contribution in [0.4, 0.5) is 0 Å². The zero-order chi connectivity index (χ0) is 22.6. The lowest BCUT2D eigenvalue weighted by Gasteiger charge is -2.22. The quantitative estimate of drug-likeness (QED) is 0.611. The van der Waals surface area contributed by atoms with Crippen LogP contribution >= 0.6 is 0 Å². The molecule has 2 amide bonds. The highest BCUT2D eigenvalue weighted by atomic mass is 16.2. The maximum absolute atomic E-state index is 12.7. The molecule has 6 heteroatoms. The third kappa shape index (κ3) is 5.72. The molecule has 0 aliphatic carbocycles. The van der Waals surface area contributed by atoms with Crippen LogP contribution in [0.3, 0.4) is 0 Å². The van der Waals surface area contributed by atoms with Crippen molar-refractivity contribution in [2.75, 3.05) is 6.54 Å². The first-order chi connectivity index (χ1) is 14.6. The van der Waals surface area contributed by atoms with E-state index in [0.717, 1.165) is 16.9 Å². The van der Waals surface area contributed by atoms with Gasteiger partial charge < -0.3 is 15.0 Å². The number of nitrogens with one attached hydrogen (secondary N) is 2. The van der Waals surface area contributed by atoms with Gasteiger partial charge in [0.1, 0.15) is 11.7 Å². The molecule has 0 aliphatic heterocycles. The smallest absolute Gasteiger partial charge is 0.251 e. The van der Waals surface area contributed by atoms with Crippen molar-refractivity contribution in [2.45, 2.75) is 52.5 Å². The molecule has 2 N–H and O–H groups in total. The van der Waals surface area contributed by atoms with E-state index in [-0.39, 0.29) is 23.1 Å². The first-order valence-electron chi connectivity index (χ1n) is 10.8. The van der Waals surface area contributed by atoms with Crippen LogP contribution in [0, 0.1) is 5.92 Å². The molecule has 164 valence electrons. The van der Waals surface area contributed by atoms with Gasteiger partial charge in [0.25, 0.3) is 5.91 Å². The van der Waals surface area contributed by atoms with Crippen molar-refractivity contribution in [3.8, 4) is 0 Å². The lowest BCUT2D eigenvalue weighted by Crippen LogP contribution is -2.50. The zero-order valence-electron chi connectivity index (χ0n) is 19.0. The number of carbonyl (C=O) groups is 2. The molecular weight excluding hydrogens is 388 g/mol. The molecule has 1 aromatic carbocycles. The van der Waals surface area contributed by atoms with E-state index < -0.39 is 6.04 Å². The molecule has 0 saturated carbocycles. The molecule has 0 bridgehead atoms. The topological polar surface area (TPSA) is 75.5 Å². The van der Waals surface area contributed by atoms with Crippen LogP contribution in [-0.2, 0) is 16.6 Å². The standard InChI is InChI=1S/C25H32N4O2/c1-17(2)22(28-23(30)18-9-11-19(12-10-18)25(3,4)5)24(31)26-14-13-20-16-29-15-7-6-8-21(29)27-20/h6-12,15-17,22H,13-14H2,1-5H3,(H,26,31)(H,28,30)/t22-/m1/s1. The SMILES string of the molecule is CC(C)[C@@H](NC(=O)c1ccc(C(C)(C)C)cc1)C(=O)NCCc1cn2ccccc2n1. The Kier molecular flexibility index (Phi) is 6.78. The summed E-state index contributed by atoms with van der Waals surface area (Å²) in [5.74, 6) is -0.457. The van der Waals surface area contributed by atoms with Crippen molar-refractivity contribution in [3.05, 3.63) is 71.7 Å². The van der Waals surface area contributed by atoms with Gasteiger partial charge in [-0.3, -0.25) is 9.59 Å². The molecule has 31 heavy (non-hydrogen) atoms. The van der Waals surface area contributed by atoms with E-state index in [1.165, 1.54) is 0 Å². The van der Waals surface area contributed by atoms with Gasteiger partial charge in [0.15, 0.2) is 0 Å². The van der Waals surface area contributed by atoms with Crippen LogP contribution in [0.25, 0.3) is 5.65 Å². The Labute approximate surface area is 184 Å². The van der Waals surface area contributed by atoms with E-state index in [9.17, 15) is 9.59 Å². The predicted molar refractivity (Wildman–Crippen MR) is 123 cm³/mol. The Balaban J connectivity index is 1.57. The van der Waals surface area contributed by atoms with E-state index >= 15 is 0 Å². The normalized spacial score (nSPS) is 12.7. The van der Waals surface area contributed by atoms with Crippen LogP contribution in [-0.4, -0.2) is 33.8 Å². The number of imidazole rings is 1. The summed E-state index contributed by atoms with van der Waals surface area (Å²) in [7, 11) is 0. The van der Waals surface area contributed by atoms with Crippen LogP contribution in [0.2, 0.25) is 0 Å². The largest absolute Gasteiger partial charge is 0.354 e. The molecule has 1 atom stereocenters. The molecule has 0 saturated heterocycles. The van der Waals surface area contributed by atoms with Crippen LogP contribution in [0.15, 0.2) is 54.9 Å². The Hall–Kier alpha value is -3.15. The van der Waals surface area contributed by atoms with Crippen LogP contribution in [0.1, 0.15) is 56.2 Å². The van der Waals surface area contributed by atoms with Gasteiger partial charge in [0, 0.05) is 30.9 Å². The van der Waals surface area contributed by atoms with Crippen molar-refractivity contribution in [2.24, 2.45) is 5.92 Å². The summed E-state index contributed by atoms with van der Waals surface area (Å²) < 4.78 is 1.96. The van der Waals surface area contributed by atoms with E-state index in [1.807, 2.05) is 73.1 Å². The second kappa shape index (κ2) is 9.33. The third-order valence-electron chi connectivity index (χ3n) is 5.34. The maximum Gasteiger partial charge on any atom is 0.251 e. The fraction of sp³-hybridized carbons (Fsp3) is 0.400. The van der Waals surface area contributed by atoms with Gasteiger partial charge in [-0.15, -0.1) is 0 Å². The molecular formula is C25H32N4O2. The molecule has 6 nitrogen and oxygen atoms in total. The van der Waals surface area contributed by atoms with Crippen LogP contribution < -0.4 is 10.6 Å². The number of hydrogen-bond acceptors (Lipinski definition) is 3. The van der Waals surface area contributed by atoms with E-state index in [0.29, 0.717) is 18.5 Å². The fourth-order valence-electron chi connectivity index (χ4n) is 3.41. The van der Waals surface area contributed by atoms with E-state index in [2.05, 4.69) is 36.4 Å². The monoisotopic (exact) mass is 420 g/mol. The lowest BCUT2D eigenvalue weighted by atomic mass is 9.86. The number of pyridine rings is 1. The molecule has 0 unspecified atom stereocenters. The Morgan fingerprint density at radius 1 is 1.06 bits per heavy atom. The summed E-state index contributed by atoms with van der Waals surface area (Å²) in [6, 6.07) is 12.8. The van der Waals surface area contributed by atoms with Gasteiger partial charge in [0.05, 0.1) is 5.69 Å². The van der Waals surface area contributed by atoms with Crippen molar-refractivity contribution in [1.29, 1.82) is 0 Å². The molecule has 3 aromatic rings. The number of rotatable bonds is 7. The molecule has 2 aromatic heterocycles. The number of nitrogens with zero attached hydrogens (tertiary/aromatic N) is 2. The second-order valence-electron chi connectivity index (χ2n) is 9.26. The molecule has 0 fully saturated rings. The van der Waals surface area contributed by atoms with Gasteiger partial charge in [-0.1, -0.05) is 52.8 Å². The Morgan fingerprint density at radius 2 is 1.77 bits per heavy atom. The Bertz CT molecular complexity index is 1010. The predicted octanol–water partition coefficient (Wildman–Crippen LogP) is 3.75. The maximum atomic E-state index is 12.7. The summed E-state index contributed by atoms with van der Waals surface area (Å²) in [5.41, 5.74) is 3.53. The van der Waals surface area contributed by atoms with E-state index in [1.54, 1.807) is 0 Å². The number of hydrogen-bond donors (Lipinski definition) is 2. The van der Waals surface area contributed by atoms with Crippen molar-refractivity contribution in [1.82, 2.24) is 20.0 Å². The van der Waals surface area contributed by atoms with Crippen LogP contribution in [0.5, 0.6) is 0 Å². The zero-order valence-corrected chi connectivity index (χ0v) is 19.0. The highest BCUT2D eigenvalue weighted by Crippen LogP contribution is 2.22. The number of benzene rings is 1. The minimum absolute atomic E-state index is 0.0241. The van der Waals surface area contributed by atoms with Crippen molar-refractivity contribution in [3.63, 3.8) is 0 Å². The van der Waals surface area contributed by atoms with Gasteiger partial charge >= 0.3 is 0 Å². The van der Waals surface area contributed by atoms with Gasteiger partial charge in [0.2, 0.25) is 5.91 Å². The molecule has 0 spiro atoms. The number of fused-ring (bicyclic) bond motifs is 1. The summed E-state index contributed by atoms with van der Waals surface area (Å²) in [5, 5.41) is 5.83. The molecule has 0 radical (unpaired) electrons. The first-order valence-corrected chi connectivity index (χ1v) is 10.8. The van der Waals surface area contributed by atoms with Gasteiger partial charge in [-0.05, 0) is 41.2 Å². The summed E-state index contributed by atoms with van der Waals surface area (Å²) in [4.78, 5) is 30.0. The lowest BCUT2D eigenvalue weighted by molar-refractivity contribution is -0.123. The Morgan fingerprint density at radius 3 is 2.39 bits per heavy atom. The summed E-state index contributed by atoms with van der Waals surface area (Å²) in [6.07, 6.45) is 4.54. The highest BCUT2D eigenvalue weighted by molar-refractivity contribution is 5.97. The van der Waals surface area contributed by atoms with Crippen molar-refractivity contribution >= 4 is 17.5 Å². The fourth-order valence-corrected chi connectivity index (χ4v) is 3.41.